The summed E-state index contributed by atoms with van der Waals surface area (Å²) in [6.07, 6.45) is 0. The van der Waals surface area contributed by atoms with Gasteiger partial charge in [0.15, 0.2) is 0 Å². The van der Waals surface area contributed by atoms with Crippen LogP contribution >= 0.6 is 0 Å². The van der Waals surface area contributed by atoms with E-state index in [0.717, 1.165) is 0 Å². The van der Waals surface area contributed by atoms with E-state index in [9.17, 15) is 0 Å². The molecule has 1 N–H and O–H groups in total. The van der Waals surface area contributed by atoms with Crippen molar-refractivity contribution in [1.29, 1.82) is 0 Å². The molecule has 1 saturated heterocycles. The Morgan fingerprint density at radius 1 is 1.20 bits per heavy atom. The SMILES string of the molecule is CC(C)NC1CN(C(C)C)CC1N(C)C.[HH]. The molecule has 2 atom stereocenters. The molecule has 1 aliphatic heterocycles. The van der Waals surface area contributed by atoms with Crippen molar-refractivity contribution < 1.29 is 1.43 Å². The standard InChI is InChI=1S/C12H27N3.H2/c1-9(2)13-11-7-15(10(3)4)8-12(11)14(5)6;/h9-13H,7-8H2,1-6H3;1H. The highest BCUT2D eigenvalue weighted by molar-refractivity contribution is 4.95. The first-order chi connectivity index (χ1) is 6.91. The average molecular weight is 215 g/mol. The molecule has 1 aliphatic rings. The van der Waals surface area contributed by atoms with Gasteiger partial charge in [-0.3, -0.25) is 4.90 Å². The molecule has 0 aliphatic carbocycles. The topological polar surface area (TPSA) is 18.5 Å². The molecular formula is C12H29N3. The Morgan fingerprint density at radius 3 is 2.20 bits per heavy atom. The van der Waals surface area contributed by atoms with E-state index < -0.39 is 0 Å². The first kappa shape index (κ1) is 12.9. The maximum absolute atomic E-state index is 3.67. The van der Waals surface area contributed by atoms with Crippen LogP contribution in [-0.4, -0.2) is 61.2 Å². The fourth-order valence-electron chi connectivity index (χ4n) is 2.35. The van der Waals surface area contributed by atoms with Crippen molar-refractivity contribution in [2.45, 2.75) is 51.9 Å². The largest absolute Gasteiger partial charge is 0.309 e. The third-order valence-electron chi connectivity index (χ3n) is 3.26. The van der Waals surface area contributed by atoms with Crippen molar-refractivity contribution in [3.8, 4) is 0 Å². The molecule has 0 aromatic carbocycles. The quantitative estimate of drug-likeness (QED) is 0.761. The summed E-state index contributed by atoms with van der Waals surface area (Å²) in [4.78, 5) is 4.91. The van der Waals surface area contributed by atoms with Gasteiger partial charge in [-0.15, -0.1) is 0 Å². The third-order valence-corrected chi connectivity index (χ3v) is 3.26. The van der Waals surface area contributed by atoms with Gasteiger partial charge in [-0.25, -0.2) is 0 Å². The van der Waals surface area contributed by atoms with Crippen LogP contribution in [0.5, 0.6) is 0 Å². The van der Waals surface area contributed by atoms with E-state index in [1.165, 1.54) is 13.1 Å². The lowest BCUT2D eigenvalue weighted by atomic mass is 10.1. The molecule has 15 heavy (non-hydrogen) atoms. The van der Waals surface area contributed by atoms with E-state index in [1.807, 2.05) is 0 Å². The number of likely N-dealkylation sites (tertiary alicyclic amines) is 1. The molecule has 0 aromatic heterocycles. The lowest BCUT2D eigenvalue weighted by molar-refractivity contribution is 0.233. The molecule has 0 aromatic rings. The zero-order valence-corrected chi connectivity index (χ0v) is 11.1. The highest BCUT2D eigenvalue weighted by atomic mass is 15.3. The summed E-state index contributed by atoms with van der Waals surface area (Å²) in [5, 5.41) is 3.67. The van der Waals surface area contributed by atoms with Gasteiger partial charge < -0.3 is 10.2 Å². The third kappa shape index (κ3) is 3.44. The molecule has 1 rings (SSSR count). The van der Waals surface area contributed by atoms with Crippen molar-refractivity contribution in [2.75, 3.05) is 27.2 Å². The van der Waals surface area contributed by atoms with Crippen molar-refractivity contribution in [1.82, 2.24) is 15.1 Å². The molecule has 0 amide bonds. The van der Waals surface area contributed by atoms with Crippen LogP contribution < -0.4 is 5.32 Å². The number of nitrogens with zero attached hydrogens (tertiary/aromatic N) is 2. The second-order valence-electron chi connectivity index (χ2n) is 5.51. The van der Waals surface area contributed by atoms with Crippen LogP contribution in [0, 0.1) is 0 Å². The lowest BCUT2D eigenvalue weighted by Crippen LogP contribution is -2.48. The van der Waals surface area contributed by atoms with Crippen LogP contribution in [-0.2, 0) is 0 Å². The molecule has 3 nitrogen and oxygen atoms in total. The Bertz CT molecular complexity index is 195. The molecule has 1 fully saturated rings. The number of nitrogens with one attached hydrogen (secondary N) is 1. The van der Waals surface area contributed by atoms with Crippen LogP contribution in [0.2, 0.25) is 0 Å². The highest BCUT2D eigenvalue weighted by Crippen LogP contribution is 2.17. The van der Waals surface area contributed by atoms with Gasteiger partial charge >= 0.3 is 0 Å². The molecule has 0 spiro atoms. The molecule has 0 radical (unpaired) electrons. The van der Waals surface area contributed by atoms with Crippen LogP contribution in [0.25, 0.3) is 0 Å². The van der Waals surface area contributed by atoms with Gasteiger partial charge in [0, 0.05) is 38.7 Å². The predicted molar refractivity (Wildman–Crippen MR) is 68.4 cm³/mol. The maximum Gasteiger partial charge on any atom is 0.0383 e. The van der Waals surface area contributed by atoms with E-state index >= 15 is 0 Å². The molecule has 3 heteroatoms. The average Bonchev–Trinajstić information content (AvgIpc) is 2.46. The van der Waals surface area contributed by atoms with Gasteiger partial charge in [-0.05, 0) is 27.9 Å². The van der Waals surface area contributed by atoms with E-state index in [4.69, 9.17) is 0 Å². The van der Waals surface area contributed by atoms with Crippen LogP contribution in [0.3, 0.4) is 0 Å². The van der Waals surface area contributed by atoms with Gasteiger partial charge in [0.05, 0.1) is 0 Å². The zero-order valence-electron chi connectivity index (χ0n) is 11.1. The van der Waals surface area contributed by atoms with Gasteiger partial charge in [-0.2, -0.15) is 0 Å². The Kier molecular flexibility index (Phi) is 4.56. The Morgan fingerprint density at radius 2 is 1.80 bits per heavy atom. The number of likely N-dealkylation sites (N-methyl/N-ethyl adjacent to an activating group) is 1. The Balaban J connectivity index is 0.00000225. The summed E-state index contributed by atoms with van der Waals surface area (Å²) < 4.78 is 0. The minimum Gasteiger partial charge on any atom is -0.309 e. The van der Waals surface area contributed by atoms with Crippen molar-refractivity contribution in [3.05, 3.63) is 0 Å². The second kappa shape index (κ2) is 5.28. The summed E-state index contributed by atoms with van der Waals surface area (Å²) in [6.45, 7) is 11.4. The molecule has 92 valence electrons. The molecular weight excluding hydrogens is 186 g/mol. The fourth-order valence-corrected chi connectivity index (χ4v) is 2.35. The minimum atomic E-state index is 0. The Hall–Kier alpha value is -0.120. The predicted octanol–water partition coefficient (Wildman–Crippen LogP) is 1.25. The maximum atomic E-state index is 3.67. The second-order valence-corrected chi connectivity index (χ2v) is 5.51. The zero-order chi connectivity index (χ0) is 11.6. The molecule has 1 heterocycles. The van der Waals surface area contributed by atoms with Crippen molar-refractivity contribution in [3.63, 3.8) is 0 Å². The van der Waals surface area contributed by atoms with Gasteiger partial charge in [0.2, 0.25) is 0 Å². The van der Waals surface area contributed by atoms with E-state index in [2.05, 4.69) is 56.9 Å². The molecule has 0 bridgehead atoms. The molecule has 2 unspecified atom stereocenters. The normalized spacial score (nSPS) is 28.6. The Labute approximate surface area is 96.3 Å². The van der Waals surface area contributed by atoms with Crippen LogP contribution in [0.15, 0.2) is 0 Å². The number of hydrogen-bond acceptors (Lipinski definition) is 3. The smallest absolute Gasteiger partial charge is 0.0383 e. The minimum absolute atomic E-state index is 0. The summed E-state index contributed by atoms with van der Waals surface area (Å²) in [7, 11) is 4.37. The number of hydrogen-bond donors (Lipinski definition) is 1. The summed E-state index contributed by atoms with van der Waals surface area (Å²) in [5.74, 6) is 0. The fraction of sp³-hybridized carbons (Fsp3) is 1.00. The van der Waals surface area contributed by atoms with Gasteiger partial charge in [-0.1, -0.05) is 13.8 Å². The summed E-state index contributed by atoms with van der Waals surface area (Å²) in [5.41, 5.74) is 0. The lowest BCUT2D eigenvalue weighted by Gasteiger charge is -2.27. The van der Waals surface area contributed by atoms with Crippen LogP contribution in [0.4, 0.5) is 0 Å². The number of rotatable bonds is 4. The van der Waals surface area contributed by atoms with E-state index in [-0.39, 0.29) is 1.43 Å². The molecule has 0 saturated carbocycles. The van der Waals surface area contributed by atoms with Crippen molar-refractivity contribution >= 4 is 0 Å². The summed E-state index contributed by atoms with van der Waals surface area (Å²) in [6, 6.07) is 2.49. The summed E-state index contributed by atoms with van der Waals surface area (Å²) >= 11 is 0. The van der Waals surface area contributed by atoms with Crippen molar-refractivity contribution in [2.24, 2.45) is 0 Å². The van der Waals surface area contributed by atoms with E-state index in [0.29, 0.717) is 24.2 Å². The first-order valence-corrected chi connectivity index (χ1v) is 6.08. The first-order valence-electron chi connectivity index (χ1n) is 6.08. The monoisotopic (exact) mass is 215 g/mol. The van der Waals surface area contributed by atoms with Gasteiger partial charge in [0.25, 0.3) is 0 Å². The van der Waals surface area contributed by atoms with Crippen LogP contribution in [0.1, 0.15) is 29.1 Å². The van der Waals surface area contributed by atoms with E-state index in [1.54, 1.807) is 0 Å². The van der Waals surface area contributed by atoms with Gasteiger partial charge in [0.1, 0.15) is 0 Å². The highest BCUT2D eigenvalue weighted by Gasteiger charge is 2.34.